The fourth-order valence-electron chi connectivity index (χ4n) is 2.00. The average Bonchev–Trinajstić information content (AvgIpc) is 2.39. The highest BCUT2D eigenvalue weighted by Crippen LogP contribution is 2.30. The minimum atomic E-state index is -0.429. The summed E-state index contributed by atoms with van der Waals surface area (Å²) in [7, 11) is 0. The Bertz CT molecular complexity index is 558. The van der Waals surface area contributed by atoms with Crippen molar-refractivity contribution < 1.29 is 4.92 Å². The second-order valence-corrected chi connectivity index (χ2v) is 4.32. The Morgan fingerprint density at radius 2 is 2.28 bits per heavy atom. The van der Waals surface area contributed by atoms with Gasteiger partial charge in [0.2, 0.25) is 0 Å². The Balaban J connectivity index is 2.39. The van der Waals surface area contributed by atoms with Gasteiger partial charge in [-0.3, -0.25) is 10.1 Å². The van der Waals surface area contributed by atoms with Crippen molar-refractivity contribution in [1.29, 1.82) is 5.26 Å². The van der Waals surface area contributed by atoms with E-state index in [-0.39, 0.29) is 5.69 Å². The zero-order chi connectivity index (χ0) is 13.1. The second-order valence-electron chi connectivity index (χ2n) is 4.32. The van der Waals surface area contributed by atoms with Crippen molar-refractivity contribution in [2.24, 2.45) is 0 Å². The fourth-order valence-corrected chi connectivity index (χ4v) is 2.00. The molecule has 1 aliphatic rings. The van der Waals surface area contributed by atoms with E-state index in [0.29, 0.717) is 17.8 Å². The number of rotatable bonds is 2. The van der Waals surface area contributed by atoms with Gasteiger partial charge in [0.05, 0.1) is 16.6 Å². The van der Waals surface area contributed by atoms with Crippen LogP contribution in [0.15, 0.2) is 29.8 Å². The quantitative estimate of drug-likeness (QED) is 0.455. The number of nitro groups is 1. The van der Waals surface area contributed by atoms with Gasteiger partial charge in [0.15, 0.2) is 0 Å². The van der Waals surface area contributed by atoms with E-state index in [1.165, 1.54) is 11.6 Å². The van der Waals surface area contributed by atoms with Crippen molar-refractivity contribution in [1.82, 2.24) is 0 Å². The van der Waals surface area contributed by atoms with Gasteiger partial charge in [-0.15, -0.1) is 0 Å². The number of nitriles is 1. The van der Waals surface area contributed by atoms with Gasteiger partial charge >= 0.3 is 0 Å². The molecule has 18 heavy (non-hydrogen) atoms. The lowest BCUT2D eigenvalue weighted by atomic mass is 10.1. The van der Waals surface area contributed by atoms with Gasteiger partial charge in [-0.25, -0.2) is 0 Å². The van der Waals surface area contributed by atoms with Crippen molar-refractivity contribution >= 4 is 11.4 Å². The maximum Gasteiger partial charge on any atom is 0.293 e. The summed E-state index contributed by atoms with van der Waals surface area (Å²) in [6.07, 6.45) is 2.99. The van der Waals surface area contributed by atoms with Gasteiger partial charge in [0, 0.05) is 19.2 Å². The third-order valence-electron chi connectivity index (χ3n) is 3.08. The Labute approximate surface area is 105 Å². The molecule has 2 rings (SSSR count). The molecule has 0 bridgehead atoms. The normalized spacial score (nSPS) is 14.9. The molecule has 0 aromatic heterocycles. The Hall–Kier alpha value is -2.35. The largest absolute Gasteiger partial charge is 0.362 e. The van der Waals surface area contributed by atoms with Crippen LogP contribution >= 0.6 is 0 Å². The predicted molar refractivity (Wildman–Crippen MR) is 68.4 cm³/mol. The number of anilines is 1. The number of benzene rings is 1. The summed E-state index contributed by atoms with van der Waals surface area (Å²) in [5, 5.41) is 19.8. The van der Waals surface area contributed by atoms with Crippen molar-refractivity contribution in [3.8, 4) is 6.07 Å². The number of nitro benzene ring substituents is 1. The summed E-state index contributed by atoms with van der Waals surface area (Å²) in [6, 6.07) is 6.53. The predicted octanol–water partition coefficient (Wildman–Crippen LogP) is 2.62. The number of hydrogen-bond acceptors (Lipinski definition) is 4. The van der Waals surface area contributed by atoms with Crippen molar-refractivity contribution in [3.05, 3.63) is 45.5 Å². The Morgan fingerprint density at radius 3 is 2.83 bits per heavy atom. The minimum Gasteiger partial charge on any atom is -0.362 e. The molecule has 0 saturated carbocycles. The van der Waals surface area contributed by atoms with Crippen LogP contribution in [0.2, 0.25) is 0 Å². The highest BCUT2D eigenvalue weighted by molar-refractivity contribution is 5.66. The molecule has 0 N–H and O–H groups in total. The van der Waals surface area contributed by atoms with Crippen molar-refractivity contribution in [2.75, 3.05) is 18.0 Å². The summed E-state index contributed by atoms with van der Waals surface area (Å²) in [5.41, 5.74) is 2.21. The molecule has 1 aliphatic heterocycles. The lowest BCUT2D eigenvalue weighted by molar-refractivity contribution is -0.384. The smallest absolute Gasteiger partial charge is 0.293 e. The molecule has 0 unspecified atom stereocenters. The van der Waals surface area contributed by atoms with Crippen LogP contribution in [0.25, 0.3) is 0 Å². The van der Waals surface area contributed by atoms with Crippen molar-refractivity contribution in [2.45, 2.75) is 13.3 Å². The molecule has 0 atom stereocenters. The van der Waals surface area contributed by atoms with Crippen LogP contribution in [0, 0.1) is 21.4 Å². The molecule has 1 aromatic carbocycles. The standard InChI is InChI=1S/C13H13N3O2/c1-10-4-6-15(7-5-10)12-3-2-11(9-14)8-13(12)16(17)18/h2-4,8H,5-7H2,1H3. The van der Waals surface area contributed by atoms with E-state index in [0.717, 1.165) is 13.0 Å². The highest BCUT2D eigenvalue weighted by Gasteiger charge is 2.21. The molecule has 0 saturated heterocycles. The molecule has 5 nitrogen and oxygen atoms in total. The van der Waals surface area contributed by atoms with Crippen LogP contribution in [0.5, 0.6) is 0 Å². The van der Waals surface area contributed by atoms with Crippen LogP contribution in [-0.2, 0) is 0 Å². The second kappa shape index (κ2) is 4.88. The fraction of sp³-hybridized carbons (Fsp3) is 0.308. The molecule has 0 fully saturated rings. The molecule has 0 spiro atoms. The Kier molecular flexibility index (Phi) is 3.28. The first kappa shape index (κ1) is 12.1. The van der Waals surface area contributed by atoms with Crippen LogP contribution < -0.4 is 4.90 Å². The van der Waals surface area contributed by atoms with E-state index in [9.17, 15) is 10.1 Å². The first-order valence-electron chi connectivity index (χ1n) is 5.71. The Morgan fingerprint density at radius 1 is 1.50 bits per heavy atom. The van der Waals surface area contributed by atoms with E-state index in [1.54, 1.807) is 12.1 Å². The first-order chi connectivity index (χ1) is 8.61. The SMILES string of the molecule is CC1=CCN(c2ccc(C#N)cc2[N+](=O)[O-])CC1. The molecule has 0 amide bonds. The summed E-state index contributed by atoms with van der Waals surface area (Å²) < 4.78 is 0. The maximum atomic E-state index is 11.1. The summed E-state index contributed by atoms with van der Waals surface area (Å²) in [5.74, 6) is 0. The molecule has 0 aliphatic carbocycles. The molecular formula is C13H13N3O2. The van der Waals surface area contributed by atoms with E-state index in [1.807, 2.05) is 11.0 Å². The lowest BCUT2D eigenvalue weighted by Crippen LogP contribution is -2.28. The minimum absolute atomic E-state index is 0.00185. The summed E-state index contributed by atoms with van der Waals surface area (Å²) in [6.45, 7) is 3.51. The van der Waals surface area contributed by atoms with Crippen LogP contribution in [0.3, 0.4) is 0 Å². The summed E-state index contributed by atoms with van der Waals surface area (Å²) in [4.78, 5) is 12.6. The van der Waals surface area contributed by atoms with E-state index in [4.69, 9.17) is 5.26 Å². The average molecular weight is 243 g/mol. The van der Waals surface area contributed by atoms with Crippen LogP contribution in [0.1, 0.15) is 18.9 Å². The zero-order valence-corrected chi connectivity index (χ0v) is 10.1. The third-order valence-corrected chi connectivity index (χ3v) is 3.08. The van der Waals surface area contributed by atoms with Crippen molar-refractivity contribution in [3.63, 3.8) is 0 Å². The molecule has 5 heteroatoms. The van der Waals surface area contributed by atoms with Crippen LogP contribution in [0.4, 0.5) is 11.4 Å². The van der Waals surface area contributed by atoms with Gasteiger partial charge in [-0.05, 0) is 25.5 Å². The number of nitrogens with zero attached hydrogens (tertiary/aromatic N) is 3. The van der Waals surface area contributed by atoms with Gasteiger partial charge in [0.25, 0.3) is 5.69 Å². The van der Waals surface area contributed by atoms with Gasteiger partial charge < -0.3 is 4.90 Å². The summed E-state index contributed by atoms with van der Waals surface area (Å²) >= 11 is 0. The maximum absolute atomic E-state index is 11.1. The monoisotopic (exact) mass is 243 g/mol. The molecule has 0 radical (unpaired) electrons. The molecule has 1 heterocycles. The first-order valence-corrected chi connectivity index (χ1v) is 5.71. The zero-order valence-electron chi connectivity index (χ0n) is 10.1. The van der Waals surface area contributed by atoms with Gasteiger partial charge in [-0.1, -0.05) is 11.6 Å². The van der Waals surface area contributed by atoms with E-state index >= 15 is 0 Å². The van der Waals surface area contributed by atoms with E-state index in [2.05, 4.69) is 13.0 Å². The van der Waals surface area contributed by atoms with E-state index < -0.39 is 4.92 Å². The third kappa shape index (κ3) is 2.33. The molecule has 92 valence electrons. The highest BCUT2D eigenvalue weighted by atomic mass is 16.6. The van der Waals surface area contributed by atoms with Crippen LogP contribution in [-0.4, -0.2) is 18.0 Å². The van der Waals surface area contributed by atoms with Gasteiger partial charge in [0.1, 0.15) is 5.69 Å². The lowest BCUT2D eigenvalue weighted by Gasteiger charge is -2.27. The number of hydrogen-bond donors (Lipinski definition) is 0. The molecule has 1 aromatic rings. The molecular weight excluding hydrogens is 230 g/mol. The van der Waals surface area contributed by atoms with Gasteiger partial charge in [-0.2, -0.15) is 5.26 Å². The topological polar surface area (TPSA) is 70.2 Å².